The minimum Gasteiger partial charge on any atom is -0.380 e. The molecule has 0 N–H and O–H groups in total. The van der Waals surface area contributed by atoms with Gasteiger partial charge in [-0.25, -0.2) is 4.98 Å². The van der Waals surface area contributed by atoms with Crippen LogP contribution in [-0.2, 0) is 9.53 Å². The van der Waals surface area contributed by atoms with Gasteiger partial charge >= 0.3 is 0 Å². The van der Waals surface area contributed by atoms with Crippen LogP contribution in [-0.4, -0.2) is 59.8 Å². The zero-order chi connectivity index (χ0) is 21.4. The molecule has 3 atom stereocenters. The van der Waals surface area contributed by atoms with E-state index in [4.69, 9.17) is 4.74 Å². The summed E-state index contributed by atoms with van der Waals surface area (Å²) in [6.07, 6.45) is 3.34. The summed E-state index contributed by atoms with van der Waals surface area (Å²) in [6.45, 7) is 3.62. The van der Waals surface area contributed by atoms with Gasteiger partial charge in [-0.2, -0.15) is 5.26 Å². The van der Waals surface area contributed by atoms with E-state index in [9.17, 15) is 14.9 Å². The predicted molar refractivity (Wildman–Crippen MR) is 114 cm³/mol. The lowest BCUT2D eigenvalue weighted by Crippen LogP contribution is -2.54. The highest BCUT2D eigenvalue weighted by Gasteiger charge is 2.45. The van der Waals surface area contributed by atoms with Gasteiger partial charge in [-0.3, -0.25) is 14.2 Å². The number of piperidine rings is 1. The van der Waals surface area contributed by atoms with Crippen LogP contribution in [0.3, 0.4) is 0 Å². The van der Waals surface area contributed by atoms with Gasteiger partial charge in [-0.1, -0.05) is 6.07 Å². The molecule has 0 spiro atoms. The molecule has 0 aromatic carbocycles. The number of carbonyl (C=O) groups excluding carboxylic acids is 1. The fraction of sp³-hybridized carbons (Fsp3) is 0.478. The lowest BCUT2D eigenvalue weighted by atomic mass is 9.77. The number of ether oxygens (including phenoxy) is 1. The summed E-state index contributed by atoms with van der Waals surface area (Å²) >= 11 is 0. The second-order valence-corrected chi connectivity index (χ2v) is 8.48. The van der Waals surface area contributed by atoms with Crippen molar-refractivity contribution in [1.82, 2.24) is 14.5 Å². The molecule has 1 amide bonds. The van der Waals surface area contributed by atoms with Gasteiger partial charge in [0.25, 0.3) is 5.56 Å². The van der Waals surface area contributed by atoms with Gasteiger partial charge in [0, 0.05) is 62.6 Å². The Balaban J connectivity index is 1.55. The fourth-order valence-electron chi connectivity index (χ4n) is 5.31. The standard InChI is InChI=1S/C23H25N5O3/c24-13-16-4-2-7-25-22(16)27-14-17-12-18(15-27)21(28-19(17)5-1-6-20(28)29)23(30)26-8-3-10-31-11-9-26/h1-2,4-7,17-18,21H,3,8-12,14-15H2/t17-,18+,21+/m0/s1. The highest BCUT2D eigenvalue weighted by atomic mass is 16.5. The highest BCUT2D eigenvalue weighted by molar-refractivity contribution is 5.81. The molecule has 2 aromatic heterocycles. The number of anilines is 1. The number of carbonyl (C=O) groups is 1. The number of rotatable bonds is 2. The van der Waals surface area contributed by atoms with Crippen LogP contribution in [0.1, 0.15) is 36.1 Å². The maximum Gasteiger partial charge on any atom is 0.251 e. The van der Waals surface area contributed by atoms with Crippen molar-refractivity contribution in [2.45, 2.75) is 24.8 Å². The van der Waals surface area contributed by atoms with Crippen LogP contribution in [0.4, 0.5) is 5.82 Å². The Bertz CT molecular complexity index is 1080. The molecule has 160 valence electrons. The highest BCUT2D eigenvalue weighted by Crippen LogP contribution is 2.43. The second-order valence-electron chi connectivity index (χ2n) is 8.48. The van der Waals surface area contributed by atoms with Gasteiger partial charge in [0.1, 0.15) is 17.9 Å². The monoisotopic (exact) mass is 419 g/mol. The molecule has 31 heavy (non-hydrogen) atoms. The topological polar surface area (TPSA) is 91.5 Å². The Morgan fingerprint density at radius 1 is 1.16 bits per heavy atom. The SMILES string of the molecule is N#Cc1cccnc1N1C[C@@H]2C[C@H](C1)[C@H](C(=O)N1CCCOCC1)n1c2cccc1=O. The molecule has 8 heteroatoms. The van der Waals surface area contributed by atoms with E-state index in [0.29, 0.717) is 50.8 Å². The maximum atomic E-state index is 13.7. The number of hydrogen-bond donors (Lipinski definition) is 0. The van der Waals surface area contributed by atoms with Gasteiger partial charge in [0.2, 0.25) is 5.91 Å². The molecule has 8 nitrogen and oxygen atoms in total. The summed E-state index contributed by atoms with van der Waals surface area (Å²) in [7, 11) is 0. The molecular formula is C23H25N5O3. The lowest BCUT2D eigenvalue weighted by Gasteiger charge is -2.47. The molecule has 3 aliphatic rings. The second kappa shape index (κ2) is 8.16. The van der Waals surface area contributed by atoms with E-state index in [0.717, 1.165) is 18.5 Å². The Kier molecular flexibility index (Phi) is 5.20. The first kappa shape index (κ1) is 19.8. The summed E-state index contributed by atoms with van der Waals surface area (Å²) in [5.74, 6) is 0.724. The number of aromatic nitrogens is 2. The largest absolute Gasteiger partial charge is 0.380 e. The van der Waals surface area contributed by atoms with Crippen molar-refractivity contribution in [2.75, 3.05) is 44.3 Å². The third-order valence-electron chi connectivity index (χ3n) is 6.64. The summed E-state index contributed by atoms with van der Waals surface area (Å²) in [5.41, 5.74) is 1.30. The lowest BCUT2D eigenvalue weighted by molar-refractivity contribution is -0.137. The smallest absolute Gasteiger partial charge is 0.251 e. The number of fused-ring (bicyclic) bond motifs is 4. The maximum absolute atomic E-state index is 13.7. The van der Waals surface area contributed by atoms with Gasteiger partial charge in [-0.15, -0.1) is 0 Å². The van der Waals surface area contributed by atoms with Crippen molar-refractivity contribution < 1.29 is 9.53 Å². The predicted octanol–water partition coefficient (Wildman–Crippen LogP) is 1.53. The molecule has 3 aliphatic heterocycles. The average molecular weight is 419 g/mol. The number of hydrogen-bond acceptors (Lipinski definition) is 6. The average Bonchev–Trinajstić information content (AvgIpc) is 3.09. The molecule has 2 saturated heterocycles. The third-order valence-corrected chi connectivity index (χ3v) is 6.64. The normalized spacial score (nSPS) is 25.3. The van der Waals surface area contributed by atoms with Gasteiger partial charge in [0.05, 0.1) is 12.2 Å². The first-order valence-electron chi connectivity index (χ1n) is 10.9. The van der Waals surface area contributed by atoms with Crippen LogP contribution in [0, 0.1) is 17.2 Å². The molecule has 0 radical (unpaired) electrons. The molecule has 5 rings (SSSR count). The minimum absolute atomic E-state index is 0.00752. The first-order valence-corrected chi connectivity index (χ1v) is 10.9. The van der Waals surface area contributed by atoms with Crippen LogP contribution >= 0.6 is 0 Å². The van der Waals surface area contributed by atoms with Gasteiger partial charge in [-0.05, 0) is 31.0 Å². The Labute approximate surface area is 180 Å². The summed E-state index contributed by atoms with van der Waals surface area (Å²) in [6, 6.07) is 10.5. The third kappa shape index (κ3) is 3.49. The van der Waals surface area contributed by atoms with Crippen LogP contribution in [0.15, 0.2) is 41.3 Å². The number of nitrogens with zero attached hydrogens (tertiary/aromatic N) is 5. The van der Waals surface area contributed by atoms with Crippen molar-refractivity contribution in [1.29, 1.82) is 5.26 Å². The molecule has 0 aliphatic carbocycles. The molecule has 0 unspecified atom stereocenters. The van der Waals surface area contributed by atoms with Crippen molar-refractivity contribution in [3.05, 3.63) is 58.1 Å². The zero-order valence-corrected chi connectivity index (χ0v) is 17.3. The van der Waals surface area contributed by atoms with E-state index in [1.807, 2.05) is 11.0 Å². The van der Waals surface area contributed by atoms with Crippen molar-refractivity contribution in [2.24, 2.45) is 5.92 Å². The van der Waals surface area contributed by atoms with Crippen molar-refractivity contribution in [3.63, 3.8) is 0 Å². The quantitative estimate of drug-likeness (QED) is 0.733. The van der Waals surface area contributed by atoms with E-state index in [2.05, 4.69) is 16.0 Å². The van der Waals surface area contributed by atoms with Gasteiger partial charge < -0.3 is 14.5 Å². The molecule has 0 saturated carbocycles. The summed E-state index contributed by atoms with van der Waals surface area (Å²) < 4.78 is 7.26. The van der Waals surface area contributed by atoms with E-state index in [1.54, 1.807) is 35.0 Å². The summed E-state index contributed by atoms with van der Waals surface area (Å²) in [5, 5.41) is 9.55. The van der Waals surface area contributed by atoms with Crippen molar-refractivity contribution >= 4 is 11.7 Å². The van der Waals surface area contributed by atoms with Crippen LogP contribution in [0.5, 0.6) is 0 Å². The molecule has 2 bridgehead atoms. The summed E-state index contributed by atoms with van der Waals surface area (Å²) in [4.78, 5) is 35.1. The number of amides is 1. The Hall–Kier alpha value is -3.18. The molecule has 5 heterocycles. The fourth-order valence-corrected chi connectivity index (χ4v) is 5.31. The molecule has 2 aromatic rings. The Morgan fingerprint density at radius 3 is 2.94 bits per heavy atom. The van der Waals surface area contributed by atoms with Crippen LogP contribution < -0.4 is 10.5 Å². The van der Waals surface area contributed by atoms with E-state index >= 15 is 0 Å². The zero-order valence-electron chi connectivity index (χ0n) is 17.3. The number of nitriles is 1. The van der Waals surface area contributed by atoms with Crippen molar-refractivity contribution in [3.8, 4) is 6.07 Å². The van der Waals surface area contributed by atoms with Crippen LogP contribution in [0.2, 0.25) is 0 Å². The molecular weight excluding hydrogens is 394 g/mol. The minimum atomic E-state index is -0.546. The van der Waals surface area contributed by atoms with E-state index < -0.39 is 6.04 Å². The van der Waals surface area contributed by atoms with Crippen LogP contribution in [0.25, 0.3) is 0 Å². The van der Waals surface area contributed by atoms with E-state index in [1.165, 1.54) is 0 Å². The Morgan fingerprint density at radius 2 is 2.06 bits per heavy atom. The van der Waals surface area contributed by atoms with Gasteiger partial charge in [0.15, 0.2) is 0 Å². The van der Waals surface area contributed by atoms with E-state index in [-0.39, 0.29) is 23.3 Å². The first-order chi connectivity index (χ1) is 15.2. The number of pyridine rings is 2. The molecule has 2 fully saturated rings.